The van der Waals surface area contributed by atoms with Crippen molar-refractivity contribution in [2.75, 3.05) is 19.0 Å². The molecule has 0 saturated carbocycles. The number of phenolic OH excluding ortho intramolecular Hbond substituents is 1. The van der Waals surface area contributed by atoms with Gasteiger partial charge in [0.1, 0.15) is 28.6 Å². The van der Waals surface area contributed by atoms with Gasteiger partial charge in [0.2, 0.25) is 0 Å². The van der Waals surface area contributed by atoms with E-state index < -0.39 is 11.9 Å². The van der Waals surface area contributed by atoms with Gasteiger partial charge in [-0.2, -0.15) is 0 Å². The van der Waals surface area contributed by atoms with E-state index in [1.165, 1.54) is 24.3 Å². The Bertz CT molecular complexity index is 2920. The molecule has 0 radical (unpaired) electrons. The summed E-state index contributed by atoms with van der Waals surface area (Å²) in [7, 11) is 3.79. The van der Waals surface area contributed by atoms with Gasteiger partial charge < -0.3 is 29.6 Å². The molecule has 272 valence electrons. The van der Waals surface area contributed by atoms with E-state index >= 15 is 0 Å². The van der Waals surface area contributed by atoms with E-state index in [9.17, 15) is 24.6 Å². The molecule has 11 heteroatoms. The summed E-state index contributed by atoms with van der Waals surface area (Å²) in [5.74, 6) is -0.597. The molecule has 3 N–H and O–H groups in total. The number of hydrogen-bond donors (Lipinski definition) is 3. The number of benzene rings is 6. The smallest absolute Gasteiger partial charge is 0.337 e. The van der Waals surface area contributed by atoms with Crippen molar-refractivity contribution in [1.82, 2.24) is 5.32 Å². The number of carbonyl (C=O) groups excluding carboxylic acids is 1. The number of halogens is 2. The van der Waals surface area contributed by atoms with Crippen molar-refractivity contribution in [2.24, 2.45) is 0 Å². The SMILES string of the molecule is C=c1ccc2c(c1)Oc1cc(N(C)C)ccc1C=2c1c(Cl)c(C(=O)NCc2cccc(-c3c4ccc(=O)cc-4oc4cc(O)ccc34)c2)cc(Cl)c1C(=O)O. The van der Waals surface area contributed by atoms with Gasteiger partial charge in [-0.1, -0.05) is 60.1 Å². The van der Waals surface area contributed by atoms with Gasteiger partial charge >= 0.3 is 5.97 Å². The first-order valence-electron chi connectivity index (χ1n) is 17.0. The van der Waals surface area contributed by atoms with Crippen LogP contribution in [0, 0.1) is 0 Å². The Morgan fingerprint density at radius 3 is 2.44 bits per heavy atom. The minimum absolute atomic E-state index is 0.0153. The van der Waals surface area contributed by atoms with Crippen LogP contribution in [0.25, 0.3) is 45.6 Å². The van der Waals surface area contributed by atoms with Gasteiger partial charge in [-0.3, -0.25) is 9.59 Å². The number of phenols is 1. The van der Waals surface area contributed by atoms with Crippen LogP contribution in [0.1, 0.15) is 37.4 Å². The number of fused-ring (bicyclic) bond motifs is 4. The normalized spacial score (nSPS) is 11.9. The van der Waals surface area contributed by atoms with Crippen molar-refractivity contribution < 1.29 is 29.0 Å². The third-order valence-electron chi connectivity index (χ3n) is 9.56. The van der Waals surface area contributed by atoms with Crippen molar-refractivity contribution in [1.29, 1.82) is 0 Å². The van der Waals surface area contributed by atoms with Crippen LogP contribution in [0.15, 0.2) is 112 Å². The number of carboxylic acids is 1. The van der Waals surface area contributed by atoms with E-state index in [1.807, 2.05) is 61.5 Å². The third kappa shape index (κ3) is 6.33. The van der Waals surface area contributed by atoms with Crippen molar-refractivity contribution >= 4 is 63.9 Å². The number of nitrogens with zero attached hydrogens (tertiary/aromatic N) is 1. The number of nitrogens with one attached hydrogen (secondary N) is 1. The van der Waals surface area contributed by atoms with E-state index in [0.717, 1.165) is 27.8 Å². The standard InChI is InChI=1S/C44H30Cl2N2O7/c1-22-7-11-30-34(15-22)54-35-17-25(48(2)3)8-12-31(35)39(30)41-40(44(52)53)33(45)20-32(42(41)46)43(51)47-21-23-5-4-6-24(16-23)38-28-13-9-26(49)18-36(28)55-37-19-27(50)10-14-29(37)38/h4-20,49H,1,21H2,2-3H3,(H,47,51)(H,52,53). The summed E-state index contributed by atoms with van der Waals surface area (Å²) < 4.78 is 12.3. The number of aromatic carboxylic acids is 1. The summed E-state index contributed by atoms with van der Waals surface area (Å²) in [4.78, 5) is 41.0. The zero-order valence-electron chi connectivity index (χ0n) is 29.4. The fraction of sp³-hybridized carbons (Fsp3) is 0.0682. The largest absolute Gasteiger partial charge is 0.508 e. The molecule has 0 spiro atoms. The van der Waals surface area contributed by atoms with Gasteiger partial charge in [0.15, 0.2) is 5.43 Å². The second-order valence-corrected chi connectivity index (χ2v) is 14.1. The zero-order chi connectivity index (χ0) is 38.7. The van der Waals surface area contributed by atoms with Crippen LogP contribution in [-0.4, -0.2) is 36.2 Å². The van der Waals surface area contributed by atoms with Crippen molar-refractivity contribution in [3.63, 3.8) is 0 Å². The summed E-state index contributed by atoms with van der Waals surface area (Å²) in [6.07, 6.45) is 0. The lowest BCUT2D eigenvalue weighted by Gasteiger charge is -2.25. The van der Waals surface area contributed by atoms with Crippen molar-refractivity contribution in [2.45, 2.75) is 6.54 Å². The monoisotopic (exact) mass is 768 g/mol. The molecule has 5 aromatic carbocycles. The molecule has 9 nitrogen and oxygen atoms in total. The Morgan fingerprint density at radius 2 is 1.65 bits per heavy atom. The molecule has 0 unspecified atom stereocenters. The quantitative estimate of drug-likeness (QED) is 0.139. The molecule has 0 saturated heterocycles. The maximum Gasteiger partial charge on any atom is 0.337 e. The molecular weight excluding hydrogens is 739 g/mol. The second kappa shape index (κ2) is 13.7. The number of ether oxygens (including phenoxy) is 1. The van der Waals surface area contributed by atoms with Crippen molar-refractivity contribution in [3.8, 4) is 39.7 Å². The molecule has 0 aromatic heterocycles. The van der Waals surface area contributed by atoms with Crippen LogP contribution >= 0.6 is 23.2 Å². The van der Waals surface area contributed by atoms with Crippen LogP contribution in [-0.2, 0) is 6.54 Å². The van der Waals surface area contributed by atoms with E-state index in [2.05, 4.69) is 11.9 Å². The number of aromatic hydroxyl groups is 1. The molecule has 1 amide bonds. The predicted octanol–water partition coefficient (Wildman–Crippen LogP) is 8.03. The average Bonchev–Trinajstić information content (AvgIpc) is 3.15. The van der Waals surface area contributed by atoms with Crippen molar-refractivity contribution in [3.05, 3.63) is 162 Å². The lowest BCUT2D eigenvalue weighted by Crippen LogP contribution is -2.25. The molecule has 3 aliphatic rings. The summed E-state index contributed by atoms with van der Waals surface area (Å²) >= 11 is 13.8. The molecule has 0 atom stereocenters. The van der Waals surface area contributed by atoms with Gasteiger partial charge in [-0.15, -0.1) is 0 Å². The Kier molecular flexibility index (Phi) is 8.84. The topological polar surface area (TPSA) is 129 Å². The number of amides is 1. The first kappa shape index (κ1) is 35.5. The van der Waals surface area contributed by atoms with Crippen LogP contribution in [0.4, 0.5) is 5.69 Å². The van der Waals surface area contributed by atoms with Gasteiger partial charge in [-0.25, -0.2) is 4.79 Å². The van der Waals surface area contributed by atoms with Crippen LogP contribution in [0.3, 0.4) is 0 Å². The molecule has 2 heterocycles. The van der Waals surface area contributed by atoms with Gasteiger partial charge in [0.25, 0.3) is 5.91 Å². The lowest BCUT2D eigenvalue weighted by atomic mass is 9.88. The highest BCUT2D eigenvalue weighted by Gasteiger charge is 2.31. The number of anilines is 1. The number of carboxylic acid groups (broad SMARTS) is 1. The van der Waals surface area contributed by atoms with Gasteiger partial charge in [0, 0.05) is 83.0 Å². The maximum atomic E-state index is 14.0. The maximum absolute atomic E-state index is 14.0. The number of rotatable bonds is 7. The fourth-order valence-corrected chi connectivity index (χ4v) is 7.60. The Hall–Kier alpha value is -6.55. The van der Waals surface area contributed by atoms with E-state index in [-0.39, 0.29) is 44.5 Å². The van der Waals surface area contributed by atoms with Gasteiger partial charge in [0.05, 0.1) is 21.2 Å². The summed E-state index contributed by atoms with van der Waals surface area (Å²) in [5, 5.41) is 25.3. The Balaban J connectivity index is 1.21. The highest BCUT2D eigenvalue weighted by atomic mass is 35.5. The molecule has 55 heavy (non-hydrogen) atoms. The first-order valence-corrected chi connectivity index (χ1v) is 17.8. The van der Waals surface area contributed by atoms with E-state index in [0.29, 0.717) is 50.0 Å². The summed E-state index contributed by atoms with van der Waals surface area (Å²) in [5.41, 5.74) is 4.86. The van der Waals surface area contributed by atoms with E-state index in [1.54, 1.807) is 36.4 Å². The molecular formula is C44H30Cl2N2O7. The minimum Gasteiger partial charge on any atom is -0.508 e. The molecule has 1 aliphatic carbocycles. The highest BCUT2D eigenvalue weighted by molar-refractivity contribution is 6.40. The second-order valence-electron chi connectivity index (χ2n) is 13.4. The predicted molar refractivity (Wildman–Crippen MR) is 214 cm³/mol. The molecule has 0 fully saturated rings. The number of carbonyl (C=O) groups is 2. The first-order chi connectivity index (χ1) is 26.4. The highest BCUT2D eigenvalue weighted by Crippen LogP contribution is 2.44. The Morgan fingerprint density at radius 1 is 0.855 bits per heavy atom. The zero-order valence-corrected chi connectivity index (χ0v) is 30.9. The average molecular weight is 770 g/mol. The van der Waals surface area contributed by atoms with Crippen LogP contribution in [0.2, 0.25) is 10.0 Å². The lowest BCUT2D eigenvalue weighted by molar-refractivity contribution is 0.0696. The Labute approximate surface area is 323 Å². The van der Waals surface area contributed by atoms with Crippen LogP contribution < -0.4 is 30.8 Å². The number of hydrogen-bond acceptors (Lipinski definition) is 7. The summed E-state index contributed by atoms with van der Waals surface area (Å²) in [6, 6.07) is 29.0. The fourth-order valence-electron chi connectivity index (χ4n) is 6.99. The van der Waals surface area contributed by atoms with Gasteiger partial charge in [-0.05, 0) is 70.9 Å². The molecule has 0 bridgehead atoms. The molecule has 8 rings (SSSR count). The summed E-state index contributed by atoms with van der Waals surface area (Å²) in [6.45, 7) is 4.10. The molecule has 5 aromatic rings. The van der Waals surface area contributed by atoms with E-state index in [4.69, 9.17) is 32.4 Å². The molecule has 2 aliphatic heterocycles. The van der Waals surface area contributed by atoms with Crippen LogP contribution in [0.5, 0.6) is 17.2 Å². The minimum atomic E-state index is -1.32. The third-order valence-corrected chi connectivity index (χ3v) is 10.2.